The maximum atomic E-state index is 5.43. The zero-order valence-electron chi connectivity index (χ0n) is 12.6. The standard InChI is InChI=1S/C18H20N2S2/c1-2-19-15-10-6-7-11-16(15)20(17(19)18(21)22)13-12-14-8-4-3-5-9-14/h3-11,17H,2,12-13H2,1H3,(H,21,22). The summed E-state index contributed by atoms with van der Waals surface area (Å²) in [4.78, 5) is 4.71. The number of hydrogen-bond donors (Lipinski definition) is 1. The Morgan fingerprint density at radius 2 is 1.59 bits per heavy atom. The topological polar surface area (TPSA) is 6.48 Å². The molecule has 0 amide bonds. The Morgan fingerprint density at radius 1 is 1.00 bits per heavy atom. The van der Waals surface area contributed by atoms with Gasteiger partial charge < -0.3 is 9.80 Å². The normalized spacial score (nSPS) is 16.7. The molecule has 2 nitrogen and oxygen atoms in total. The third-order valence-electron chi connectivity index (χ3n) is 4.14. The minimum atomic E-state index is 0.0597. The number of fused-ring (bicyclic) bond motifs is 1. The van der Waals surface area contributed by atoms with Gasteiger partial charge in [0, 0.05) is 13.1 Å². The smallest absolute Gasteiger partial charge is 0.144 e. The van der Waals surface area contributed by atoms with Crippen LogP contribution in [-0.2, 0) is 6.42 Å². The van der Waals surface area contributed by atoms with Gasteiger partial charge in [0.15, 0.2) is 0 Å². The van der Waals surface area contributed by atoms with Gasteiger partial charge in [-0.3, -0.25) is 0 Å². The summed E-state index contributed by atoms with van der Waals surface area (Å²) in [5.41, 5.74) is 3.85. The summed E-state index contributed by atoms with van der Waals surface area (Å²) in [6, 6.07) is 19.1. The monoisotopic (exact) mass is 328 g/mol. The first-order valence-corrected chi connectivity index (χ1v) is 8.47. The molecule has 114 valence electrons. The molecule has 3 rings (SSSR count). The lowest BCUT2D eigenvalue weighted by molar-refractivity contribution is 0.711. The van der Waals surface area contributed by atoms with Crippen LogP contribution in [0.25, 0.3) is 0 Å². The summed E-state index contributed by atoms with van der Waals surface area (Å²) < 4.78 is 0.728. The number of nitrogens with zero attached hydrogens (tertiary/aromatic N) is 2. The number of thiocarbonyl (C=S) groups is 1. The van der Waals surface area contributed by atoms with Gasteiger partial charge in [-0.2, -0.15) is 0 Å². The van der Waals surface area contributed by atoms with E-state index in [0.29, 0.717) is 0 Å². The molecule has 22 heavy (non-hydrogen) atoms. The van der Waals surface area contributed by atoms with Crippen molar-refractivity contribution in [2.45, 2.75) is 19.5 Å². The highest BCUT2D eigenvalue weighted by molar-refractivity contribution is 8.11. The molecule has 0 radical (unpaired) electrons. The van der Waals surface area contributed by atoms with E-state index < -0.39 is 0 Å². The molecule has 0 fully saturated rings. The van der Waals surface area contributed by atoms with Gasteiger partial charge in [-0.15, -0.1) is 12.6 Å². The minimum absolute atomic E-state index is 0.0597. The zero-order chi connectivity index (χ0) is 15.5. The Balaban J connectivity index is 1.88. The molecule has 0 aliphatic carbocycles. The molecule has 1 aliphatic heterocycles. The lowest BCUT2D eigenvalue weighted by Crippen LogP contribution is -2.47. The van der Waals surface area contributed by atoms with E-state index in [1.165, 1.54) is 16.9 Å². The van der Waals surface area contributed by atoms with Gasteiger partial charge in [0.2, 0.25) is 0 Å². The largest absolute Gasteiger partial charge is 0.345 e. The maximum Gasteiger partial charge on any atom is 0.144 e. The second-order valence-corrected chi connectivity index (χ2v) is 6.64. The molecule has 1 unspecified atom stereocenters. The SMILES string of the molecule is CCN1c2ccccc2N(CCc2ccccc2)C1C(=S)S. The molecule has 0 N–H and O–H groups in total. The highest BCUT2D eigenvalue weighted by Crippen LogP contribution is 2.40. The predicted molar refractivity (Wildman–Crippen MR) is 102 cm³/mol. The Labute approximate surface area is 143 Å². The van der Waals surface area contributed by atoms with Crippen molar-refractivity contribution < 1.29 is 0 Å². The van der Waals surface area contributed by atoms with Gasteiger partial charge in [-0.25, -0.2) is 0 Å². The second-order valence-electron chi connectivity index (χ2n) is 5.42. The van der Waals surface area contributed by atoms with Gasteiger partial charge >= 0.3 is 0 Å². The lowest BCUT2D eigenvalue weighted by Gasteiger charge is -2.31. The van der Waals surface area contributed by atoms with E-state index in [2.05, 4.69) is 83.9 Å². The van der Waals surface area contributed by atoms with Crippen molar-refractivity contribution in [1.82, 2.24) is 0 Å². The molecule has 0 bridgehead atoms. The predicted octanol–water partition coefficient (Wildman–Crippen LogP) is 4.16. The molecule has 1 atom stereocenters. The average molecular weight is 329 g/mol. The first-order chi connectivity index (χ1) is 10.7. The lowest BCUT2D eigenvalue weighted by atomic mass is 10.1. The fourth-order valence-electron chi connectivity index (χ4n) is 3.13. The van der Waals surface area contributed by atoms with Crippen molar-refractivity contribution in [3.63, 3.8) is 0 Å². The van der Waals surface area contributed by atoms with E-state index in [-0.39, 0.29) is 6.17 Å². The molecule has 1 aliphatic rings. The van der Waals surface area contributed by atoms with Crippen LogP contribution >= 0.6 is 24.8 Å². The quantitative estimate of drug-likeness (QED) is 0.651. The highest BCUT2D eigenvalue weighted by Gasteiger charge is 2.35. The molecule has 0 saturated heterocycles. The first kappa shape index (κ1) is 15.4. The van der Waals surface area contributed by atoms with E-state index in [1.54, 1.807) is 0 Å². The summed E-state index contributed by atoms with van der Waals surface area (Å²) in [5, 5.41) is 0. The maximum absolute atomic E-state index is 5.43. The van der Waals surface area contributed by atoms with E-state index in [0.717, 1.165) is 23.7 Å². The molecule has 0 spiro atoms. The van der Waals surface area contributed by atoms with Crippen molar-refractivity contribution in [3.05, 3.63) is 60.2 Å². The third-order valence-corrected chi connectivity index (χ3v) is 4.58. The first-order valence-electron chi connectivity index (χ1n) is 7.61. The number of thiol groups is 1. The highest BCUT2D eigenvalue weighted by atomic mass is 32.1. The summed E-state index contributed by atoms with van der Waals surface area (Å²) in [6.07, 6.45) is 1.06. The average Bonchev–Trinajstić information content (AvgIpc) is 2.88. The Morgan fingerprint density at radius 3 is 2.18 bits per heavy atom. The molecule has 0 aromatic heterocycles. The summed E-state index contributed by atoms with van der Waals surface area (Å²) in [6.45, 7) is 4.02. The van der Waals surface area contributed by atoms with Crippen molar-refractivity contribution in [2.75, 3.05) is 22.9 Å². The second kappa shape index (κ2) is 6.71. The number of anilines is 2. The van der Waals surface area contributed by atoms with Gasteiger partial charge in [-0.1, -0.05) is 54.7 Å². The summed E-state index contributed by atoms with van der Waals surface area (Å²) >= 11 is 9.93. The van der Waals surface area contributed by atoms with Crippen LogP contribution < -0.4 is 9.80 Å². The van der Waals surface area contributed by atoms with Crippen LogP contribution in [-0.4, -0.2) is 23.5 Å². The van der Waals surface area contributed by atoms with Crippen LogP contribution in [0.15, 0.2) is 54.6 Å². The van der Waals surface area contributed by atoms with E-state index >= 15 is 0 Å². The number of para-hydroxylation sites is 2. The van der Waals surface area contributed by atoms with Crippen molar-refractivity contribution in [3.8, 4) is 0 Å². The summed E-state index contributed by atoms with van der Waals surface area (Å²) in [5.74, 6) is 0. The summed E-state index contributed by atoms with van der Waals surface area (Å²) in [7, 11) is 0. The fraction of sp³-hybridized carbons (Fsp3) is 0.278. The van der Waals surface area contributed by atoms with Gasteiger partial charge in [0.05, 0.1) is 15.6 Å². The van der Waals surface area contributed by atoms with Crippen LogP contribution in [0.3, 0.4) is 0 Å². The number of benzene rings is 2. The number of rotatable bonds is 5. The van der Waals surface area contributed by atoms with Crippen molar-refractivity contribution >= 4 is 40.4 Å². The zero-order valence-corrected chi connectivity index (χ0v) is 14.4. The molecule has 2 aromatic rings. The van der Waals surface area contributed by atoms with E-state index in [1.807, 2.05) is 0 Å². The molecular formula is C18H20N2S2. The van der Waals surface area contributed by atoms with Crippen LogP contribution in [0, 0.1) is 0 Å². The van der Waals surface area contributed by atoms with Crippen molar-refractivity contribution in [1.29, 1.82) is 0 Å². The van der Waals surface area contributed by atoms with Gasteiger partial charge in [0.1, 0.15) is 6.17 Å². The molecule has 0 saturated carbocycles. The van der Waals surface area contributed by atoms with Crippen LogP contribution in [0.4, 0.5) is 11.4 Å². The molecular weight excluding hydrogens is 308 g/mol. The van der Waals surface area contributed by atoms with Crippen molar-refractivity contribution in [2.24, 2.45) is 0 Å². The Kier molecular flexibility index (Phi) is 4.69. The molecule has 1 heterocycles. The Hall–Kier alpha value is -1.52. The van der Waals surface area contributed by atoms with Crippen LogP contribution in [0.5, 0.6) is 0 Å². The molecule has 4 heteroatoms. The van der Waals surface area contributed by atoms with Gasteiger partial charge in [-0.05, 0) is 31.0 Å². The van der Waals surface area contributed by atoms with E-state index in [4.69, 9.17) is 12.2 Å². The van der Waals surface area contributed by atoms with E-state index in [9.17, 15) is 0 Å². The fourth-order valence-corrected chi connectivity index (χ4v) is 3.66. The molecule has 2 aromatic carbocycles. The number of hydrogen-bond acceptors (Lipinski definition) is 3. The minimum Gasteiger partial charge on any atom is -0.345 e. The van der Waals surface area contributed by atoms with Gasteiger partial charge in [0.25, 0.3) is 0 Å². The Bertz CT molecular complexity index is 657. The van der Waals surface area contributed by atoms with Crippen LogP contribution in [0.2, 0.25) is 0 Å². The third kappa shape index (κ3) is 2.85. The van der Waals surface area contributed by atoms with Crippen LogP contribution in [0.1, 0.15) is 12.5 Å².